The zero-order valence-corrected chi connectivity index (χ0v) is 12.2. The van der Waals surface area contributed by atoms with Crippen molar-refractivity contribution in [3.05, 3.63) is 29.8 Å². The lowest BCUT2D eigenvalue weighted by molar-refractivity contribution is -0.120. The van der Waals surface area contributed by atoms with E-state index in [9.17, 15) is 4.79 Å². The third kappa shape index (κ3) is 6.82. The normalized spacial score (nSPS) is 11.2. The lowest BCUT2D eigenvalue weighted by atomic mass is 10.1. The maximum Gasteiger partial charge on any atom is 0.233 e. The van der Waals surface area contributed by atoms with Gasteiger partial charge in [-0.1, -0.05) is 12.1 Å². The van der Waals surface area contributed by atoms with E-state index < -0.39 is 0 Å². The molecule has 0 bridgehead atoms. The fourth-order valence-corrected chi connectivity index (χ4v) is 1.55. The molecule has 0 spiro atoms. The van der Waals surface area contributed by atoms with Crippen LogP contribution in [0.15, 0.2) is 24.3 Å². The molecule has 0 aliphatic rings. The van der Waals surface area contributed by atoms with Crippen molar-refractivity contribution in [1.82, 2.24) is 10.6 Å². The van der Waals surface area contributed by atoms with Crippen molar-refractivity contribution < 1.29 is 9.53 Å². The van der Waals surface area contributed by atoms with Crippen LogP contribution in [0.3, 0.4) is 0 Å². The van der Waals surface area contributed by atoms with Gasteiger partial charge in [0.2, 0.25) is 5.91 Å². The van der Waals surface area contributed by atoms with Gasteiger partial charge in [-0.2, -0.15) is 0 Å². The molecule has 0 heterocycles. The van der Waals surface area contributed by atoms with Crippen LogP contribution in [-0.2, 0) is 11.2 Å². The van der Waals surface area contributed by atoms with Crippen molar-refractivity contribution in [2.75, 3.05) is 20.2 Å². The molecule has 2 N–H and O–H groups in total. The summed E-state index contributed by atoms with van der Waals surface area (Å²) in [6.45, 7) is 7.12. The summed E-state index contributed by atoms with van der Waals surface area (Å²) in [4.78, 5) is 11.6. The number of carbonyl (C=O) groups is 1. The van der Waals surface area contributed by atoms with Crippen molar-refractivity contribution in [2.24, 2.45) is 0 Å². The number of ether oxygens (including phenoxy) is 1. The first-order chi connectivity index (χ1) is 8.90. The number of nitrogens with one attached hydrogen (secondary N) is 2. The molecular weight excluding hydrogens is 240 g/mol. The molecule has 1 aromatic rings. The number of benzene rings is 1. The number of carbonyl (C=O) groups excluding carboxylic acids is 1. The van der Waals surface area contributed by atoms with Crippen molar-refractivity contribution in [2.45, 2.75) is 32.7 Å². The first kappa shape index (κ1) is 15.5. The zero-order valence-electron chi connectivity index (χ0n) is 12.2. The molecule has 0 radical (unpaired) electrons. The predicted octanol–water partition coefficient (Wildman–Crippen LogP) is 1.74. The Morgan fingerprint density at radius 2 is 1.84 bits per heavy atom. The van der Waals surface area contributed by atoms with E-state index >= 15 is 0 Å². The van der Waals surface area contributed by atoms with Gasteiger partial charge in [0.05, 0.1) is 13.7 Å². The Hall–Kier alpha value is -1.55. The van der Waals surface area contributed by atoms with Crippen LogP contribution in [0.4, 0.5) is 0 Å². The molecule has 0 atom stereocenters. The van der Waals surface area contributed by atoms with Gasteiger partial charge in [0.25, 0.3) is 0 Å². The van der Waals surface area contributed by atoms with E-state index in [1.54, 1.807) is 7.11 Å². The van der Waals surface area contributed by atoms with Gasteiger partial charge < -0.3 is 15.4 Å². The van der Waals surface area contributed by atoms with Crippen LogP contribution in [0.25, 0.3) is 0 Å². The SMILES string of the molecule is COc1ccc(CCNC(=O)CNC(C)(C)C)cc1. The lowest BCUT2D eigenvalue weighted by Gasteiger charge is -2.20. The molecule has 0 saturated heterocycles. The number of rotatable bonds is 6. The number of methoxy groups -OCH3 is 1. The van der Waals surface area contributed by atoms with Gasteiger partial charge >= 0.3 is 0 Å². The largest absolute Gasteiger partial charge is 0.497 e. The van der Waals surface area contributed by atoms with Crippen LogP contribution in [0.1, 0.15) is 26.3 Å². The Labute approximate surface area is 115 Å². The van der Waals surface area contributed by atoms with Gasteiger partial charge in [0.1, 0.15) is 5.75 Å². The van der Waals surface area contributed by atoms with Crippen LogP contribution in [0.5, 0.6) is 5.75 Å². The molecule has 0 aliphatic heterocycles. The third-order valence-corrected chi connectivity index (χ3v) is 2.67. The summed E-state index contributed by atoms with van der Waals surface area (Å²) in [5.74, 6) is 0.880. The van der Waals surface area contributed by atoms with Crippen molar-refractivity contribution in [1.29, 1.82) is 0 Å². The molecule has 4 heteroatoms. The second-order valence-electron chi connectivity index (χ2n) is 5.55. The summed E-state index contributed by atoms with van der Waals surface area (Å²) in [6.07, 6.45) is 0.825. The Bertz CT molecular complexity index is 394. The van der Waals surface area contributed by atoms with E-state index in [0.29, 0.717) is 13.1 Å². The molecule has 1 rings (SSSR count). The monoisotopic (exact) mass is 264 g/mol. The van der Waals surface area contributed by atoms with Crippen molar-refractivity contribution >= 4 is 5.91 Å². The van der Waals surface area contributed by atoms with Crippen molar-refractivity contribution in [3.63, 3.8) is 0 Å². The predicted molar refractivity (Wildman–Crippen MR) is 77.5 cm³/mol. The Balaban J connectivity index is 2.24. The number of hydrogen-bond acceptors (Lipinski definition) is 3. The zero-order chi connectivity index (χ0) is 14.3. The van der Waals surface area contributed by atoms with E-state index in [-0.39, 0.29) is 11.4 Å². The van der Waals surface area contributed by atoms with Gasteiger partial charge in [-0.3, -0.25) is 4.79 Å². The average molecular weight is 264 g/mol. The smallest absolute Gasteiger partial charge is 0.233 e. The van der Waals surface area contributed by atoms with Crippen LogP contribution >= 0.6 is 0 Å². The van der Waals surface area contributed by atoms with Gasteiger partial charge in [-0.25, -0.2) is 0 Å². The average Bonchev–Trinajstić information content (AvgIpc) is 2.36. The van der Waals surface area contributed by atoms with Gasteiger partial charge in [-0.15, -0.1) is 0 Å². The molecule has 4 nitrogen and oxygen atoms in total. The minimum Gasteiger partial charge on any atom is -0.497 e. The molecular formula is C15H24N2O2. The maximum absolute atomic E-state index is 11.6. The molecule has 1 aromatic carbocycles. The van der Waals surface area contributed by atoms with Crippen LogP contribution in [-0.4, -0.2) is 31.6 Å². The van der Waals surface area contributed by atoms with E-state index in [4.69, 9.17) is 4.74 Å². The van der Waals surface area contributed by atoms with Gasteiger partial charge in [0.15, 0.2) is 0 Å². The highest BCUT2D eigenvalue weighted by Crippen LogP contribution is 2.11. The molecule has 0 aliphatic carbocycles. The highest BCUT2D eigenvalue weighted by molar-refractivity contribution is 5.78. The summed E-state index contributed by atoms with van der Waals surface area (Å²) in [5.41, 5.74) is 1.15. The fraction of sp³-hybridized carbons (Fsp3) is 0.533. The summed E-state index contributed by atoms with van der Waals surface area (Å²) in [5, 5.41) is 6.06. The maximum atomic E-state index is 11.6. The van der Waals surface area contributed by atoms with E-state index in [1.165, 1.54) is 5.56 Å². The van der Waals surface area contributed by atoms with Gasteiger partial charge in [-0.05, 0) is 44.9 Å². The molecule has 0 saturated carbocycles. The topological polar surface area (TPSA) is 50.4 Å². The highest BCUT2D eigenvalue weighted by Gasteiger charge is 2.10. The summed E-state index contributed by atoms with van der Waals surface area (Å²) in [7, 11) is 1.65. The van der Waals surface area contributed by atoms with E-state index in [1.807, 2.05) is 45.0 Å². The molecule has 1 amide bonds. The minimum absolute atomic E-state index is 0.0310. The standard InChI is InChI=1S/C15H24N2O2/c1-15(2,3)17-11-14(18)16-10-9-12-5-7-13(19-4)8-6-12/h5-8,17H,9-11H2,1-4H3,(H,16,18). The van der Waals surface area contributed by atoms with Crippen LogP contribution < -0.4 is 15.4 Å². The molecule has 0 aromatic heterocycles. The fourth-order valence-electron chi connectivity index (χ4n) is 1.55. The molecule has 19 heavy (non-hydrogen) atoms. The van der Waals surface area contributed by atoms with Crippen LogP contribution in [0.2, 0.25) is 0 Å². The highest BCUT2D eigenvalue weighted by atomic mass is 16.5. The summed E-state index contributed by atoms with van der Waals surface area (Å²) >= 11 is 0. The first-order valence-electron chi connectivity index (χ1n) is 6.55. The second kappa shape index (κ2) is 7.14. The summed E-state index contributed by atoms with van der Waals surface area (Å²) < 4.78 is 5.10. The minimum atomic E-state index is -0.0344. The number of hydrogen-bond donors (Lipinski definition) is 2. The Morgan fingerprint density at radius 3 is 2.37 bits per heavy atom. The van der Waals surface area contributed by atoms with Crippen LogP contribution in [0, 0.1) is 0 Å². The quantitative estimate of drug-likeness (QED) is 0.823. The molecule has 106 valence electrons. The number of amides is 1. The molecule has 0 unspecified atom stereocenters. The van der Waals surface area contributed by atoms with E-state index in [2.05, 4.69) is 10.6 Å². The molecule has 0 fully saturated rings. The summed E-state index contributed by atoms with van der Waals surface area (Å²) in [6, 6.07) is 7.88. The Morgan fingerprint density at radius 1 is 1.21 bits per heavy atom. The second-order valence-corrected chi connectivity index (χ2v) is 5.55. The third-order valence-electron chi connectivity index (χ3n) is 2.67. The van der Waals surface area contributed by atoms with Crippen molar-refractivity contribution in [3.8, 4) is 5.75 Å². The Kier molecular flexibility index (Phi) is 5.83. The first-order valence-corrected chi connectivity index (χ1v) is 6.55. The lowest BCUT2D eigenvalue weighted by Crippen LogP contribution is -2.43. The van der Waals surface area contributed by atoms with Gasteiger partial charge in [0, 0.05) is 12.1 Å². The van der Waals surface area contributed by atoms with E-state index in [0.717, 1.165) is 12.2 Å².